The SMILES string of the molecule is CC1CN(C[C@@H]2[C@H](NC(=O)C(=NOC(C)(C)C(=O)O)c3csc(N)n3)C(=O)N2S(=O)(=O)O)C(=O)O1. The molecule has 3 amide bonds. The van der Waals surface area contributed by atoms with Gasteiger partial charge in [-0.3, -0.25) is 14.1 Å². The number of carbonyl (C=O) groups is 4. The minimum atomic E-state index is -5.01. The summed E-state index contributed by atoms with van der Waals surface area (Å²) in [5, 5.41) is 16.5. The Morgan fingerprint density at radius 3 is 2.57 bits per heavy atom. The lowest BCUT2D eigenvalue weighted by atomic mass is 9.97. The summed E-state index contributed by atoms with van der Waals surface area (Å²) in [6.07, 6.45) is -1.25. The molecule has 1 unspecified atom stereocenters. The van der Waals surface area contributed by atoms with Crippen LogP contribution in [0.1, 0.15) is 26.5 Å². The van der Waals surface area contributed by atoms with Crippen LogP contribution >= 0.6 is 11.3 Å². The monoisotopic (exact) mass is 534 g/mol. The van der Waals surface area contributed by atoms with Crippen molar-refractivity contribution in [2.45, 2.75) is 44.6 Å². The van der Waals surface area contributed by atoms with Gasteiger partial charge in [-0.05, 0) is 20.8 Å². The Morgan fingerprint density at radius 1 is 1.43 bits per heavy atom. The number of amides is 3. The highest BCUT2D eigenvalue weighted by Gasteiger charge is 2.55. The van der Waals surface area contributed by atoms with Crippen LogP contribution in [-0.4, -0.2) is 98.7 Å². The van der Waals surface area contributed by atoms with Crippen molar-refractivity contribution in [2.24, 2.45) is 5.16 Å². The number of nitrogen functional groups attached to an aromatic ring is 1. The quantitative estimate of drug-likeness (QED) is 0.125. The number of β-lactam (4-membered cyclic amide) rings is 1. The number of ether oxygens (including phenoxy) is 1. The molecule has 0 spiro atoms. The number of carbonyl (C=O) groups excluding carboxylic acids is 3. The van der Waals surface area contributed by atoms with E-state index in [0.29, 0.717) is 0 Å². The average molecular weight is 535 g/mol. The van der Waals surface area contributed by atoms with Crippen molar-refractivity contribution in [1.29, 1.82) is 0 Å². The summed E-state index contributed by atoms with van der Waals surface area (Å²) in [6.45, 7) is 3.67. The van der Waals surface area contributed by atoms with Gasteiger partial charge in [0, 0.05) is 11.9 Å². The zero-order valence-corrected chi connectivity index (χ0v) is 20.2. The van der Waals surface area contributed by atoms with E-state index in [2.05, 4.69) is 15.5 Å². The van der Waals surface area contributed by atoms with Crippen LogP contribution in [0.15, 0.2) is 10.5 Å². The molecule has 0 bridgehead atoms. The van der Waals surface area contributed by atoms with E-state index in [0.717, 1.165) is 16.2 Å². The Balaban J connectivity index is 1.87. The molecule has 2 saturated heterocycles. The Hall–Kier alpha value is -3.51. The third kappa shape index (κ3) is 5.43. The third-order valence-corrected chi connectivity index (χ3v) is 6.63. The minimum Gasteiger partial charge on any atom is -0.478 e. The van der Waals surface area contributed by atoms with Gasteiger partial charge in [0.2, 0.25) is 5.60 Å². The summed E-state index contributed by atoms with van der Waals surface area (Å²) in [4.78, 5) is 58.8. The predicted octanol–water partition coefficient (Wildman–Crippen LogP) is -1.35. The Labute approximate surface area is 202 Å². The van der Waals surface area contributed by atoms with Crippen molar-refractivity contribution in [3.63, 3.8) is 0 Å². The first-order chi connectivity index (χ1) is 16.1. The number of carboxylic acid groups (broad SMARTS) is 1. The van der Waals surface area contributed by atoms with Gasteiger partial charge in [-0.2, -0.15) is 8.42 Å². The summed E-state index contributed by atoms with van der Waals surface area (Å²) in [6, 6.07) is -2.86. The second-order valence-electron chi connectivity index (χ2n) is 8.15. The molecule has 3 rings (SSSR count). The molecule has 3 atom stereocenters. The normalized spacial score (nSPS) is 23.1. The van der Waals surface area contributed by atoms with E-state index in [1.54, 1.807) is 6.92 Å². The molecular weight excluding hydrogens is 512 g/mol. The van der Waals surface area contributed by atoms with Crippen LogP contribution in [0.5, 0.6) is 0 Å². The number of carboxylic acids is 1. The molecule has 16 nitrogen and oxygen atoms in total. The van der Waals surface area contributed by atoms with Crippen LogP contribution in [-0.2, 0) is 34.3 Å². The van der Waals surface area contributed by atoms with Crippen LogP contribution in [0, 0.1) is 0 Å². The number of nitrogens with one attached hydrogen (secondary N) is 1. The molecule has 0 aliphatic carbocycles. The maximum absolute atomic E-state index is 13.0. The zero-order chi connectivity index (χ0) is 26.3. The van der Waals surface area contributed by atoms with Gasteiger partial charge >= 0.3 is 22.4 Å². The second-order valence-corrected chi connectivity index (χ2v) is 10.3. The second kappa shape index (κ2) is 9.27. The topological polar surface area (TPSA) is 231 Å². The fourth-order valence-corrected chi connectivity index (χ4v) is 4.61. The van der Waals surface area contributed by atoms with E-state index >= 15 is 0 Å². The number of hydrogen-bond donors (Lipinski definition) is 4. The van der Waals surface area contributed by atoms with Gasteiger partial charge < -0.3 is 30.6 Å². The first-order valence-electron chi connectivity index (χ1n) is 9.90. The van der Waals surface area contributed by atoms with Gasteiger partial charge in [0.05, 0.1) is 12.6 Å². The third-order valence-electron chi connectivity index (χ3n) is 5.01. The first kappa shape index (κ1) is 26.1. The molecule has 1 aromatic heterocycles. The maximum Gasteiger partial charge on any atom is 0.410 e. The standard InChI is InChI=1S/C17H22N6O10S2/c1-7-4-22(16(28)32-7)5-9-11(13(25)23(9)35(29,30)31)20-12(24)10(8-6-34-15(18)19-8)21-33-17(2,3)14(26)27/h6-7,9,11H,4-5H2,1-3H3,(H2,18,19)(H,20,24)(H,26,27)(H,29,30,31)/t7?,9-,11+/m1/s1. The summed E-state index contributed by atoms with van der Waals surface area (Å²) in [7, 11) is -5.01. The van der Waals surface area contributed by atoms with E-state index in [4.69, 9.17) is 15.3 Å². The van der Waals surface area contributed by atoms with Gasteiger partial charge in [0.15, 0.2) is 10.8 Å². The molecule has 2 aliphatic heterocycles. The molecule has 192 valence electrons. The van der Waals surface area contributed by atoms with Gasteiger partial charge in [0.25, 0.3) is 11.8 Å². The summed E-state index contributed by atoms with van der Waals surface area (Å²) < 4.78 is 38.0. The summed E-state index contributed by atoms with van der Waals surface area (Å²) >= 11 is 0.943. The highest BCUT2D eigenvalue weighted by Crippen LogP contribution is 2.26. The van der Waals surface area contributed by atoms with Crippen LogP contribution < -0.4 is 11.1 Å². The van der Waals surface area contributed by atoms with E-state index in [1.807, 2.05) is 0 Å². The smallest absolute Gasteiger partial charge is 0.410 e. The molecule has 18 heteroatoms. The number of aliphatic carboxylic acids is 1. The van der Waals surface area contributed by atoms with E-state index in [-0.39, 0.29) is 28.2 Å². The number of thiazole rings is 1. The fraction of sp³-hybridized carbons (Fsp3) is 0.529. The number of hydrogen-bond acceptors (Lipinski definition) is 12. The number of rotatable bonds is 9. The van der Waals surface area contributed by atoms with Gasteiger partial charge in [-0.25, -0.2) is 18.9 Å². The highest BCUT2D eigenvalue weighted by molar-refractivity contribution is 7.84. The Bertz CT molecular complexity index is 1200. The van der Waals surface area contributed by atoms with Crippen molar-refractivity contribution in [1.82, 2.24) is 19.5 Å². The highest BCUT2D eigenvalue weighted by atomic mass is 32.2. The van der Waals surface area contributed by atoms with Gasteiger partial charge in [-0.1, -0.05) is 5.16 Å². The fourth-order valence-electron chi connectivity index (χ4n) is 3.19. The van der Waals surface area contributed by atoms with Crippen LogP contribution in [0.25, 0.3) is 0 Å². The molecular formula is C17H22N6O10S2. The van der Waals surface area contributed by atoms with Crippen LogP contribution in [0.4, 0.5) is 9.93 Å². The zero-order valence-electron chi connectivity index (χ0n) is 18.6. The predicted molar refractivity (Wildman–Crippen MR) is 117 cm³/mol. The first-order valence-corrected chi connectivity index (χ1v) is 12.2. The van der Waals surface area contributed by atoms with Crippen molar-refractivity contribution in [2.75, 3.05) is 18.8 Å². The lowest BCUT2D eigenvalue weighted by Crippen LogP contribution is -2.74. The van der Waals surface area contributed by atoms with E-state index < -0.39 is 63.7 Å². The molecule has 5 N–H and O–H groups in total. The van der Waals surface area contributed by atoms with Crippen molar-refractivity contribution in [3.8, 4) is 0 Å². The number of cyclic esters (lactones) is 1. The largest absolute Gasteiger partial charge is 0.478 e. The Morgan fingerprint density at radius 2 is 2.09 bits per heavy atom. The molecule has 2 fully saturated rings. The molecule has 3 heterocycles. The number of oxime groups is 1. The lowest BCUT2D eigenvalue weighted by Gasteiger charge is -2.45. The number of nitrogens with zero attached hydrogens (tertiary/aromatic N) is 4. The number of anilines is 1. The van der Waals surface area contributed by atoms with Gasteiger partial charge in [0.1, 0.15) is 17.8 Å². The molecule has 2 aliphatic rings. The van der Waals surface area contributed by atoms with Crippen molar-refractivity contribution in [3.05, 3.63) is 11.1 Å². The molecule has 0 radical (unpaired) electrons. The minimum absolute atomic E-state index is 0.0507. The molecule has 0 aromatic carbocycles. The van der Waals surface area contributed by atoms with Gasteiger partial charge in [-0.15, -0.1) is 11.3 Å². The van der Waals surface area contributed by atoms with Crippen molar-refractivity contribution < 1.29 is 46.8 Å². The van der Waals surface area contributed by atoms with Crippen molar-refractivity contribution >= 4 is 56.4 Å². The van der Waals surface area contributed by atoms with E-state index in [1.165, 1.54) is 19.2 Å². The molecule has 35 heavy (non-hydrogen) atoms. The Kier molecular flexibility index (Phi) is 6.91. The van der Waals surface area contributed by atoms with Crippen LogP contribution in [0.3, 0.4) is 0 Å². The average Bonchev–Trinajstić information content (AvgIpc) is 3.29. The molecule has 0 saturated carbocycles. The van der Waals surface area contributed by atoms with E-state index in [9.17, 15) is 37.3 Å². The van der Waals surface area contributed by atoms with Crippen LogP contribution in [0.2, 0.25) is 0 Å². The summed E-state index contributed by atoms with van der Waals surface area (Å²) in [5.74, 6) is -3.63. The summed E-state index contributed by atoms with van der Waals surface area (Å²) in [5.41, 5.74) is 3.11. The number of aromatic nitrogens is 1. The molecule has 1 aromatic rings. The maximum atomic E-state index is 13.0. The lowest BCUT2D eigenvalue weighted by molar-refractivity contribution is -0.161. The number of nitrogens with two attached hydrogens (primary N) is 1.